The van der Waals surface area contributed by atoms with Gasteiger partial charge in [-0.05, 0) is 57.8 Å². The second-order valence-corrected chi connectivity index (χ2v) is 22.8. The second kappa shape index (κ2) is 62.9. The van der Waals surface area contributed by atoms with Gasteiger partial charge in [0, 0.05) is 12.8 Å². The Morgan fingerprint density at radius 3 is 1.07 bits per heavy atom. The van der Waals surface area contributed by atoms with Crippen LogP contribution in [0.15, 0.2) is 24.3 Å². The van der Waals surface area contributed by atoms with Crippen molar-refractivity contribution in [3.63, 3.8) is 0 Å². The molecule has 6 nitrogen and oxygen atoms in total. The summed E-state index contributed by atoms with van der Waals surface area (Å²) in [7, 11) is 0. The standard InChI is InChI=1S/C67H129NO5/c1-3-5-7-9-11-13-15-17-19-20-26-30-33-37-41-45-49-53-57-61-67(72)73-62-58-54-50-46-42-38-34-31-28-25-23-21-22-24-27-29-32-36-40-44-48-52-56-60-66(71)68-64(63-69)65(70)59-55-51-47-43-39-35-18-16-14-12-10-8-6-4-2/h11,13,17,19,64-65,69-70H,3-10,12,14-16,18,20-63H2,1-2H3,(H,68,71)/b13-11-,19-17-. The van der Waals surface area contributed by atoms with Gasteiger partial charge in [0.25, 0.3) is 0 Å². The molecule has 2 atom stereocenters. The van der Waals surface area contributed by atoms with E-state index in [-0.39, 0.29) is 18.5 Å². The van der Waals surface area contributed by atoms with E-state index in [0.717, 1.165) is 51.4 Å². The van der Waals surface area contributed by atoms with E-state index in [9.17, 15) is 19.8 Å². The number of unbranched alkanes of at least 4 members (excludes halogenated alkanes) is 47. The lowest BCUT2D eigenvalue weighted by Crippen LogP contribution is -2.45. The Labute approximate surface area is 456 Å². The molecule has 0 saturated carbocycles. The Morgan fingerprint density at radius 2 is 0.685 bits per heavy atom. The zero-order valence-corrected chi connectivity index (χ0v) is 49.4. The third kappa shape index (κ3) is 59.4. The SMILES string of the molecule is CCCCC/C=C\C/C=C\CCCCCCCCCCCC(=O)OCCCCCCCCCCCCCCCCCCCCCCCCCC(=O)NC(CO)C(O)CCCCCCCCCCCCCCCC. The number of carbonyl (C=O) groups excluding carboxylic acids is 2. The molecule has 0 aromatic rings. The summed E-state index contributed by atoms with van der Waals surface area (Å²) < 4.78 is 5.50. The quantitative estimate of drug-likeness (QED) is 0.0320. The van der Waals surface area contributed by atoms with Crippen LogP contribution in [0.2, 0.25) is 0 Å². The maximum atomic E-state index is 12.5. The zero-order valence-electron chi connectivity index (χ0n) is 49.4. The van der Waals surface area contributed by atoms with Crippen molar-refractivity contribution in [2.45, 2.75) is 379 Å². The number of carbonyl (C=O) groups is 2. The minimum atomic E-state index is -0.663. The van der Waals surface area contributed by atoms with Gasteiger partial charge in [-0.3, -0.25) is 9.59 Å². The summed E-state index contributed by atoms with van der Waals surface area (Å²) in [4.78, 5) is 24.6. The third-order valence-electron chi connectivity index (χ3n) is 15.5. The lowest BCUT2D eigenvalue weighted by Gasteiger charge is -2.22. The molecule has 3 N–H and O–H groups in total. The van der Waals surface area contributed by atoms with Crippen LogP contribution in [0.3, 0.4) is 0 Å². The number of esters is 1. The van der Waals surface area contributed by atoms with Gasteiger partial charge in [0.1, 0.15) is 0 Å². The lowest BCUT2D eigenvalue weighted by atomic mass is 10.0. The second-order valence-electron chi connectivity index (χ2n) is 22.8. The fraction of sp³-hybridized carbons (Fsp3) is 0.910. The molecule has 0 rings (SSSR count). The fourth-order valence-corrected chi connectivity index (χ4v) is 10.4. The number of aliphatic hydroxyl groups is 2. The van der Waals surface area contributed by atoms with Crippen molar-refractivity contribution < 1.29 is 24.5 Å². The molecule has 0 aliphatic carbocycles. The highest BCUT2D eigenvalue weighted by Gasteiger charge is 2.20. The normalized spacial score (nSPS) is 12.7. The third-order valence-corrected chi connectivity index (χ3v) is 15.5. The molecule has 6 heteroatoms. The molecule has 0 bridgehead atoms. The van der Waals surface area contributed by atoms with Gasteiger partial charge in [-0.1, -0.05) is 321 Å². The number of ether oxygens (including phenoxy) is 1. The first-order valence-corrected chi connectivity index (χ1v) is 33.1. The molecule has 2 unspecified atom stereocenters. The number of hydrogen-bond donors (Lipinski definition) is 3. The van der Waals surface area contributed by atoms with Gasteiger partial charge < -0.3 is 20.3 Å². The van der Waals surface area contributed by atoms with Crippen molar-refractivity contribution in [1.29, 1.82) is 0 Å². The number of nitrogens with one attached hydrogen (secondary N) is 1. The molecule has 0 radical (unpaired) electrons. The number of hydrogen-bond acceptors (Lipinski definition) is 5. The van der Waals surface area contributed by atoms with Crippen LogP contribution in [0.4, 0.5) is 0 Å². The van der Waals surface area contributed by atoms with Crippen LogP contribution in [0.25, 0.3) is 0 Å². The van der Waals surface area contributed by atoms with E-state index in [4.69, 9.17) is 4.74 Å². The van der Waals surface area contributed by atoms with Crippen molar-refractivity contribution in [2.75, 3.05) is 13.2 Å². The van der Waals surface area contributed by atoms with E-state index < -0.39 is 12.1 Å². The summed E-state index contributed by atoms with van der Waals surface area (Å²) in [5.74, 6) is -0.0211. The Balaban J connectivity index is 3.35. The number of rotatable bonds is 62. The smallest absolute Gasteiger partial charge is 0.305 e. The van der Waals surface area contributed by atoms with Crippen molar-refractivity contribution in [1.82, 2.24) is 5.32 Å². The monoisotopic (exact) mass is 1030 g/mol. The zero-order chi connectivity index (χ0) is 52.9. The van der Waals surface area contributed by atoms with Crippen LogP contribution >= 0.6 is 0 Å². The highest BCUT2D eigenvalue weighted by atomic mass is 16.5. The minimum absolute atomic E-state index is 0.0113. The summed E-state index contributed by atoms with van der Waals surface area (Å²) in [5.41, 5.74) is 0. The summed E-state index contributed by atoms with van der Waals surface area (Å²) in [6, 6.07) is -0.540. The van der Waals surface area contributed by atoms with E-state index in [1.54, 1.807) is 0 Å². The molecule has 0 spiro atoms. The van der Waals surface area contributed by atoms with E-state index in [2.05, 4.69) is 43.5 Å². The lowest BCUT2D eigenvalue weighted by molar-refractivity contribution is -0.143. The van der Waals surface area contributed by atoms with Gasteiger partial charge in [-0.25, -0.2) is 0 Å². The summed E-state index contributed by atoms with van der Waals surface area (Å²) in [6.07, 6.45) is 77.7. The number of amides is 1. The average Bonchev–Trinajstić information content (AvgIpc) is 3.39. The molecule has 0 saturated heterocycles. The molecular formula is C67H129NO5. The van der Waals surface area contributed by atoms with Crippen molar-refractivity contribution in [3.8, 4) is 0 Å². The first kappa shape index (κ1) is 71.3. The first-order valence-electron chi connectivity index (χ1n) is 33.1. The summed E-state index contributed by atoms with van der Waals surface area (Å²) >= 11 is 0. The maximum absolute atomic E-state index is 12.5. The average molecular weight is 1030 g/mol. The maximum Gasteiger partial charge on any atom is 0.305 e. The fourth-order valence-electron chi connectivity index (χ4n) is 10.4. The van der Waals surface area contributed by atoms with E-state index in [1.807, 2.05) is 0 Å². The molecule has 432 valence electrons. The molecular weight excluding hydrogens is 899 g/mol. The molecule has 0 aliphatic rings. The molecule has 0 aliphatic heterocycles. The van der Waals surface area contributed by atoms with Gasteiger partial charge in [0.2, 0.25) is 5.91 Å². The van der Waals surface area contributed by atoms with Gasteiger partial charge >= 0.3 is 5.97 Å². The van der Waals surface area contributed by atoms with Crippen molar-refractivity contribution >= 4 is 11.9 Å². The molecule has 0 aromatic carbocycles. The van der Waals surface area contributed by atoms with Crippen LogP contribution in [-0.4, -0.2) is 47.4 Å². The predicted molar refractivity (Wildman–Crippen MR) is 320 cm³/mol. The number of allylic oxidation sites excluding steroid dienone is 4. The van der Waals surface area contributed by atoms with Crippen molar-refractivity contribution in [3.05, 3.63) is 24.3 Å². The van der Waals surface area contributed by atoms with E-state index >= 15 is 0 Å². The minimum Gasteiger partial charge on any atom is -0.466 e. The van der Waals surface area contributed by atoms with Gasteiger partial charge in [-0.15, -0.1) is 0 Å². The molecule has 0 heterocycles. The van der Waals surface area contributed by atoms with E-state index in [0.29, 0.717) is 25.9 Å². The predicted octanol–water partition coefficient (Wildman–Crippen LogP) is 21.0. The first-order chi connectivity index (χ1) is 36.0. The Kier molecular flexibility index (Phi) is 61.4. The highest BCUT2D eigenvalue weighted by Crippen LogP contribution is 2.18. The summed E-state index contributed by atoms with van der Waals surface area (Å²) in [6.45, 7) is 4.95. The van der Waals surface area contributed by atoms with Crippen LogP contribution in [0, 0.1) is 0 Å². The van der Waals surface area contributed by atoms with Crippen LogP contribution in [-0.2, 0) is 14.3 Å². The van der Waals surface area contributed by atoms with Gasteiger partial charge in [0.05, 0.1) is 25.4 Å². The molecule has 0 fully saturated rings. The van der Waals surface area contributed by atoms with Gasteiger partial charge in [0.15, 0.2) is 0 Å². The van der Waals surface area contributed by atoms with Crippen LogP contribution < -0.4 is 5.32 Å². The Hall–Kier alpha value is -1.66. The molecule has 1 amide bonds. The highest BCUT2D eigenvalue weighted by molar-refractivity contribution is 5.76. The Morgan fingerprint density at radius 1 is 0.384 bits per heavy atom. The summed E-state index contributed by atoms with van der Waals surface area (Å²) in [5, 5.41) is 23.3. The largest absolute Gasteiger partial charge is 0.466 e. The van der Waals surface area contributed by atoms with Crippen LogP contribution in [0.5, 0.6) is 0 Å². The Bertz CT molecular complexity index is 1140. The van der Waals surface area contributed by atoms with Crippen LogP contribution in [0.1, 0.15) is 367 Å². The van der Waals surface area contributed by atoms with Gasteiger partial charge in [-0.2, -0.15) is 0 Å². The van der Waals surface area contributed by atoms with Crippen molar-refractivity contribution in [2.24, 2.45) is 0 Å². The molecule has 73 heavy (non-hydrogen) atoms. The topological polar surface area (TPSA) is 95.9 Å². The van der Waals surface area contributed by atoms with E-state index in [1.165, 1.54) is 283 Å². The number of aliphatic hydroxyl groups excluding tert-OH is 2. The molecule has 0 aromatic heterocycles.